The van der Waals surface area contributed by atoms with Crippen molar-refractivity contribution in [3.8, 4) is 0 Å². The van der Waals surface area contributed by atoms with Crippen LogP contribution in [0.25, 0.3) is 0 Å². The molecule has 0 bridgehead atoms. The van der Waals surface area contributed by atoms with Crippen LogP contribution in [0.2, 0.25) is 0 Å². The first-order chi connectivity index (χ1) is 7.65. The zero-order valence-corrected chi connectivity index (χ0v) is 10.2. The molecule has 5 nitrogen and oxygen atoms in total. The highest BCUT2D eigenvalue weighted by Crippen LogP contribution is 2.13. The average molecular weight is 287 g/mol. The molecule has 0 spiro atoms. The van der Waals surface area contributed by atoms with Gasteiger partial charge in [-0.3, -0.25) is 10.1 Å². The van der Waals surface area contributed by atoms with Crippen molar-refractivity contribution >= 4 is 39.3 Å². The Morgan fingerprint density at radius 3 is 2.12 bits per heavy atom. The monoisotopic (exact) mass is 286 g/mol. The number of hydrogen-bond acceptors (Lipinski definition) is 3. The van der Waals surface area contributed by atoms with Gasteiger partial charge in [-0.25, -0.2) is 4.79 Å². The van der Waals surface area contributed by atoms with Gasteiger partial charge >= 0.3 is 6.09 Å². The van der Waals surface area contributed by atoms with E-state index in [1.165, 1.54) is 7.11 Å². The van der Waals surface area contributed by atoms with Gasteiger partial charge in [-0.05, 0) is 24.3 Å². The van der Waals surface area contributed by atoms with Crippen LogP contribution in [-0.2, 0) is 9.53 Å². The summed E-state index contributed by atoms with van der Waals surface area (Å²) in [5.41, 5.74) is 1.27. The van der Waals surface area contributed by atoms with Crippen molar-refractivity contribution in [2.45, 2.75) is 0 Å². The maximum absolute atomic E-state index is 11.0. The van der Waals surface area contributed by atoms with Crippen LogP contribution in [0.5, 0.6) is 0 Å². The molecule has 1 rings (SSSR count). The third kappa shape index (κ3) is 3.90. The third-order valence-electron chi connectivity index (χ3n) is 1.72. The largest absolute Gasteiger partial charge is 0.453 e. The summed E-state index contributed by atoms with van der Waals surface area (Å²) in [6, 6.07) is 6.71. The summed E-state index contributed by atoms with van der Waals surface area (Å²) in [6.45, 7) is 0. The van der Waals surface area contributed by atoms with Crippen LogP contribution >= 0.6 is 15.9 Å². The number of methoxy groups -OCH3 is 1. The Hall–Kier alpha value is -1.56. The Bertz CT molecular complexity index is 341. The first kappa shape index (κ1) is 12.5. The Kier molecular flexibility index (Phi) is 4.78. The van der Waals surface area contributed by atoms with E-state index in [0.717, 1.165) is 0 Å². The van der Waals surface area contributed by atoms with Crippen LogP contribution in [0.4, 0.5) is 16.2 Å². The van der Waals surface area contributed by atoms with Gasteiger partial charge in [-0.15, -0.1) is 0 Å². The molecule has 0 aliphatic rings. The zero-order valence-electron chi connectivity index (χ0n) is 8.62. The second-order valence-electron chi connectivity index (χ2n) is 2.88. The molecule has 0 saturated carbocycles. The first-order valence-corrected chi connectivity index (χ1v) is 5.58. The predicted octanol–water partition coefficient (Wildman–Crippen LogP) is 2.20. The fourth-order valence-electron chi connectivity index (χ4n) is 1.00. The molecule has 0 aromatic heterocycles. The molecule has 86 valence electrons. The number of benzene rings is 1. The Morgan fingerprint density at radius 1 is 1.19 bits per heavy atom. The van der Waals surface area contributed by atoms with Gasteiger partial charge in [0.15, 0.2) is 0 Å². The number of amides is 2. The number of rotatable bonds is 3. The molecule has 0 fully saturated rings. The molecule has 1 aromatic carbocycles. The van der Waals surface area contributed by atoms with E-state index >= 15 is 0 Å². The second-order valence-corrected chi connectivity index (χ2v) is 3.44. The van der Waals surface area contributed by atoms with Gasteiger partial charge in [0, 0.05) is 11.4 Å². The molecule has 2 amide bonds. The predicted molar refractivity (Wildman–Crippen MR) is 64.9 cm³/mol. The van der Waals surface area contributed by atoms with Crippen molar-refractivity contribution in [3.05, 3.63) is 24.3 Å². The highest BCUT2D eigenvalue weighted by atomic mass is 79.9. The Balaban J connectivity index is 2.60. The summed E-state index contributed by atoms with van der Waals surface area (Å²) in [6.07, 6.45) is -0.530. The Labute approximate surface area is 101 Å². The highest BCUT2D eigenvalue weighted by molar-refractivity contribution is 9.09. The minimum atomic E-state index is -0.530. The van der Waals surface area contributed by atoms with E-state index in [1.807, 2.05) is 0 Å². The number of hydrogen-bond donors (Lipinski definition) is 2. The van der Waals surface area contributed by atoms with Gasteiger partial charge in [0.1, 0.15) is 0 Å². The number of anilines is 2. The van der Waals surface area contributed by atoms with Crippen molar-refractivity contribution in [2.75, 3.05) is 23.1 Å². The summed E-state index contributed by atoms with van der Waals surface area (Å²) in [5.74, 6) is -0.131. The number of nitrogens with one attached hydrogen (secondary N) is 2. The van der Waals surface area contributed by atoms with E-state index in [-0.39, 0.29) is 11.2 Å². The fraction of sp³-hybridized carbons (Fsp3) is 0.200. The maximum atomic E-state index is 11.0. The summed E-state index contributed by atoms with van der Waals surface area (Å²) >= 11 is 3.04. The normalized spacial score (nSPS) is 9.38. The van der Waals surface area contributed by atoms with Crippen LogP contribution in [0, 0.1) is 0 Å². The first-order valence-electron chi connectivity index (χ1n) is 4.46. The summed E-state index contributed by atoms with van der Waals surface area (Å²) in [5, 5.41) is 5.40. The molecule has 0 saturated heterocycles. The molecule has 0 atom stereocenters. The molecule has 0 heterocycles. The lowest BCUT2D eigenvalue weighted by atomic mass is 10.3. The molecule has 6 heteroatoms. The average Bonchev–Trinajstić information content (AvgIpc) is 2.31. The van der Waals surface area contributed by atoms with E-state index in [0.29, 0.717) is 11.4 Å². The topological polar surface area (TPSA) is 67.4 Å². The number of halogens is 1. The minimum absolute atomic E-state index is 0.131. The van der Waals surface area contributed by atoms with Gasteiger partial charge in [0.05, 0.1) is 12.4 Å². The minimum Gasteiger partial charge on any atom is -0.453 e. The summed E-state index contributed by atoms with van der Waals surface area (Å²) in [7, 11) is 1.29. The lowest BCUT2D eigenvalue weighted by molar-refractivity contribution is -0.113. The number of ether oxygens (including phenoxy) is 1. The molecule has 0 radical (unpaired) electrons. The van der Waals surface area contributed by atoms with Crippen molar-refractivity contribution in [3.63, 3.8) is 0 Å². The van der Waals surface area contributed by atoms with Crippen LogP contribution in [-0.4, -0.2) is 24.4 Å². The third-order valence-corrected chi connectivity index (χ3v) is 2.23. The number of carbonyl (C=O) groups is 2. The standard InChI is InChI=1S/C10H11BrN2O3/c1-16-10(15)13-8-4-2-7(3-5-8)12-9(14)6-11/h2-5H,6H2,1H3,(H,12,14)(H,13,15). The molecule has 1 aromatic rings. The molecular weight excluding hydrogens is 276 g/mol. The smallest absolute Gasteiger partial charge is 0.411 e. The van der Waals surface area contributed by atoms with Crippen molar-refractivity contribution < 1.29 is 14.3 Å². The summed E-state index contributed by atoms with van der Waals surface area (Å²) < 4.78 is 4.44. The van der Waals surface area contributed by atoms with E-state index in [9.17, 15) is 9.59 Å². The molecule has 2 N–H and O–H groups in total. The molecular formula is C10H11BrN2O3. The van der Waals surface area contributed by atoms with Gasteiger partial charge in [-0.2, -0.15) is 0 Å². The lowest BCUT2D eigenvalue weighted by Gasteiger charge is -2.05. The van der Waals surface area contributed by atoms with Gasteiger partial charge < -0.3 is 10.1 Å². The van der Waals surface area contributed by atoms with Gasteiger partial charge in [0.2, 0.25) is 5.91 Å². The molecule has 0 unspecified atom stereocenters. The maximum Gasteiger partial charge on any atom is 0.411 e. The van der Waals surface area contributed by atoms with Crippen molar-refractivity contribution in [2.24, 2.45) is 0 Å². The van der Waals surface area contributed by atoms with E-state index in [4.69, 9.17) is 0 Å². The second kappa shape index (κ2) is 6.12. The molecule has 0 aliphatic heterocycles. The summed E-state index contributed by atoms with van der Waals surface area (Å²) in [4.78, 5) is 21.9. The fourth-order valence-corrected chi connectivity index (χ4v) is 1.14. The molecule has 0 aliphatic carbocycles. The number of alkyl halides is 1. The van der Waals surface area contributed by atoms with Crippen LogP contribution in [0.15, 0.2) is 24.3 Å². The van der Waals surface area contributed by atoms with Crippen LogP contribution in [0.1, 0.15) is 0 Å². The highest BCUT2D eigenvalue weighted by Gasteiger charge is 2.02. The van der Waals surface area contributed by atoms with Gasteiger partial charge in [0.25, 0.3) is 0 Å². The number of carbonyl (C=O) groups excluding carboxylic acids is 2. The van der Waals surface area contributed by atoms with Crippen molar-refractivity contribution in [1.82, 2.24) is 0 Å². The van der Waals surface area contributed by atoms with Crippen LogP contribution in [0.3, 0.4) is 0 Å². The molecule has 16 heavy (non-hydrogen) atoms. The SMILES string of the molecule is COC(=O)Nc1ccc(NC(=O)CBr)cc1. The van der Waals surface area contributed by atoms with E-state index in [2.05, 4.69) is 31.3 Å². The van der Waals surface area contributed by atoms with Crippen LogP contribution < -0.4 is 10.6 Å². The lowest BCUT2D eigenvalue weighted by Crippen LogP contribution is -2.13. The van der Waals surface area contributed by atoms with Crippen molar-refractivity contribution in [1.29, 1.82) is 0 Å². The quantitative estimate of drug-likeness (QED) is 0.837. The van der Waals surface area contributed by atoms with E-state index in [1.54, 1.807) is 24.3 Å². The van der Waals surface area contributed by atoms with Gasteiger partial charge in [-0.1, -0.05) is 15.9 Å². The Morgan fingerprint density at radius 2 is 1.69 bits per heavy atom. The van der Waals surface area contributed by atoms with E-state index < -0.39 is 6.09 Å². The zero-order chi connectivity index (χ0) is 12.0.